The fourth-order valence-corrected chi connectivity index (χ4v) is 2.44. The van der Waals surface area contributed by atoms with E-state index >= 15 is 0 Å². The maximum absolute atomic E-state index is 13.9. The third-order valence-corrected chi connectivity index (χ3v) is 3.79. The fraction of sp³-hybridized carbons (Fsp3) is 0.462. The Bertz CT molecular complexity index is 488. The maximum Gasteiger partial charge on any atom is 0.257 e. The third-order valence-electron chi connectivity index (χ3n) is 3.34. The van der Waals surface area contributed by atoms with Gasteiger partial charge >= 0.3 is 0 Å². The SMILES string of the molecule is COc1cc(C(=O)N2CCN(C)CC2)c(F)cc1P. The standard InChI is InChI=1S/C13H18FN2O2P/c1-15-3-5-16(6-4-15)13(17)9-7-11(18-2)12(19)8-10(9)14/h7-8H,3-6,19H2,1-2H3. The highest BCUT2D eigenvalue weighted by molar-refractivity contribution is 7.27. The van der Waals surface area contributed by atoms with Crippen molar-refractivity contribution in [2.45, 2.75) is 0 Å². The summed E-state index contributed by atoms with van der Waals surface area (Å²) in [4.78, 5) is 16.1. The van der Waals surface area contributed by atoms with Gasteiger partial charge in [-0.05, 0) is 19.2 Å². The highest BCUT2D eigenvalue weighted by Crippen LogP contribution is 2.19. The average Bonchev–Trinajstić information content (AvgIpc) is 2.39. The van der Waals surface area contributed by atoms with E-state index in [9.17, 15) is 9.18 Å². The molecule has 4 nitrogen and oxygen atoms in total. The number of benzene rings is 1. The number of hydrogen-bond donors (Lipinski definition) is 0. The molecule has 0 saturated carbocycles. The molecule has 1 unspecified atom stereocenters. The largest absolute Gasteiger partial charge is 0.496 e. The molecule has 0 radical (unpaired) electrons. The summed E-state index contributed by atoms with van der Waals surface area (Å²) in [5.74, 6) is -0.271. The summed E-state index contributed by atoms with van der Waals surface area (Å²) < 4.78 is 19.1. The van der Waals surface area contributed by atoms with Gasteiger partial charge in [0.2, 0.25) is 0 Å². The lowest BCUT2D eigenvalue weighted by molar-refractivity contribution is 0.0659. The zero-order chi connectivity index (χ0) is 14.0. The van der Waals surface area contributed by atoms with Crippen molar-refractivity contribution in [2.75, 3.05) is 40.3 Å². The van der Waals surface area contributed by atoms with Gasteiger partial charge in [-0.3, -0.25) is 4.79 Å². The van der Waals surface area contributed by atoms with E-state index in [1.807, 2.05) is 7.05 Å². The van der Waals surface area contributed by atoms with Crippen molar-refractivity contribution in [3.63, 3.8) is 0 Å². The summed E-state index contributed by atoms with van der Waals surface area (Å²) in [5, 5.41) is 0.606. The second kappa shape index (κ2) is 5.85. The molecule has 1 saturated heterocycles. The Morgan fingerprint density at radius 1 is 1.32 bits per heavy atom. The maximum atomic E-state index is 13.9. The number of carbonyl (C=O) groups excluding carboxylic acids is 1. The van der Waals surface area contributed by atoms with Gasteiger partial charge in [0.15, 0.2) is 0 Å². The molecule has 1 heterocycles. The van der Waals surface area contributed by atoms with Crippen molar-refractivity contribution < 1.29 is 13.9 Å². The van der Waals surface area contributed by atoms with Crippen molar-refractivity contribution in [3.8, 4) is 5.75 Å². The van der Waals surface area contributed by atoms with Crippen LogP contribution in [0.2, 0.25) is 0 Å². The second-order valence-electron chi connectivity index (χ2n) is 4.67. The fourth-order valence-electron chi connectivity index (χ4n) is 2.09. The first kappa shape index (κ1) is 14.2. The summed E-state index contributed by atoms with van der Waals surface area (Å²) >= 11 is 0. The number of likely N-dealkylation sites (N-methyl/N-ethyl adjacent to an activating group) is 1. The van der Waals surface area contributed by atoms with Gasteiger partial charge in [-0.15, -0.1) is 9.24 Å². The molecule has 6 heteroatoms. The van der Waals surface area contributed by atoms with Crippen molar-refractivity contribution in [1.82, 2.24) is 9.80 Å². The van der Waals surface area contributed by atoms with E-state index < -0.39 is 5.82 Å². The van der Waals surface area contributed by atoms with Crippen LogP contribution in [0.1, 0.15) is 10.4 Å². The Hall–Kier alpha value is -1.19. The van der Waals surface area contributed by atoms with E-state index in [1.54, 1.807) is 4.90 Å². The minimum atomic E-state index is -0.505. The van der Waals surface area contributed by atoms with E-state index in [0.29, 0.717) is 24.1 Å². The Morgan fingerprint density at radius 3 is 2.53 bits per heavy atom. The average molecular weight is 284 g/mol. The van der Waals surface area contributed by atoms with Gasteiger partial charge in [0, 0.05) is 31.5 Å². The number of piperazine rings is 1. The molecule has 1 aromatic carbocycles. The van der Waals surface area contributed by atoms with E-state index in [2.05, 4.69) is 14.1 Å². The summed E-state index contributed by atoms with van der Waals surface area (Å²) in [6.45, 7) is 2.87. The molecule has 1 aliphatic rings. The van der Waals surface area contributed by atoms with Gasteiger partial charge in [0.05, 0.1) is 12.7 Å². The molecular formula is C13H18FN2O2P. The highest BCUT2D eigenvalue weighted by Gasteiger charge is 2.23. The number of ether oxygens (including phenoxy) is 1. The van der Waals surface area contributed by atoms with Crippen LogP contribution in [0.5, 0.6) is 5.75 Å². The summed E-state index contributed by atoms with van der Waals surface area (Å²) in [6, 6.07) is 2.78. The number of carbonyl (C=O) groups is 1. The van der Waals surface area contributed by atoms with Gasteiger partial charge in [-0.1, -0.05) is 0 Å². The van der Waals surface area contributed by atoms with Crippen LogP contribution in [-0.2, 0) is 0 Å². The number of methoxy groups -OCH3 is 1. The van der Waals surface area contributed by atoms with E-state index in [-0.39, 0.29) is 11.5 Å². The Balaban J connectivity index is 2.23. The minimum Gasteiger partial charge on any atom is -0.496 e. The minimum absolute atomic E-state index is 0.0765. The zero-order valence-electron chi connectivity index (χ0n) is 11.1. The molecule has 104 valence electrons. The van der Waals surface area contributed by atoms with Gasteiger partial charge in [0.1, 0.15) is 11.6 Å². The highest BCUT2D eigenvalue weighted by atomic mass is 31.0. The van der Waals surface area contributed by atoms with Crippen LogP contribution in [-0.4, -0.2) is 56.0 Å². The first-order valence-corrected chi connectivity index (χ1v) is 6.71. The molecule has 1 amide bonds. The van der Waals surface area contributed by atoms with Crippen molar-refractivity contribution in [2.24, 2.45) is 0 Å². The molecule has 0 spiro atoms. The predicted octanol–water partition coefficient (Wildman–Crippen LogP) is 0.722. The Labute approximate surface area is 114 Å². The number of rotatable bonds is 2. The first-order valence-electron chi connectivity index (χ1n) is 6.13. The molecule has 0 bridgehead atoms. The predicted molar refractivity (Wildman–Crippen MR) is 75.7 cm³/mol. The molecule has 0 aromatic heterocycles. The van der Waals surface area contributed by atoms with Crippen molar-refractivity contribution in [3.05, 3.63) is 23.5 Å². The molecule has 0 aliphatic carbocycles. The number of hydrogen-bond acceptors (Lipinski definition) is 3. The van der Waals surface area contributed by atoms with Crippen LogP contribution in [0.4, 0.5) is 4.39 Å². The lowest BCUT2D eigenvalue weighted by Crippen LogP contribution is -2.47. The van der Waals surface area contributed by atoms with Crippen LogP contribution in [0, 0.1) is 5.82 Å². The quantitative estimate of drug-likeness (QED) is 0.750. The summed E-state index contributed by atoms with van der Waals surface area (Å²) in [5.41, 5.74) is 0.0765. The van der Waals surface area contributed by atoms with Gasteiger partial charge < -0.3 is 14.5 Å². The van der Waals surface area contributed by atoms with Crippen LogP contribution < -0.4 is 10.0 Å². The smallest absolute Gasteiger partial charge is 0.257 e. The van der Waals surface area contributed by atoms with Crippen LogP contribution in [0.25, 0.3) is 0 Å². The van der Waals surface area contributed by atoms with Gasteiger partial charge in [0.25, 0.3) is 5.91 Å². The topological polar surface area (TPSA) is 32.8 Å². The van der Waals surface area contributed by atoms with Crippen LogP contribution >= 0.6 is 9.24 Å². The molecule has 1 atom stereocenters. The lowest BCUT2D eigenvalue weighted by Gasteiger charge is -2.32. The molecular weight excluding hydrogens is 266 g/mol. The van der Waals surface area contributed by atoms with E-state index in [0.717, 1.165) is 13.1 Å². The lowest BCUT2D eigenvalue weighted by atomic mass is 10.1. The molecule has 0 N–H and O–H groups in total. The molecule has 1 aliphatic heterocycles. The Morgan fingerprint density at radius 2 is 1.95 bits per heavy atom. The zero-order valence-corrected chi connectivity index (χ0v) is 12.3. The van der Waals surface area contributed by atoms with Crippen LogP contribution in [0.15, 0.2) is 12.1 Å². The third kappa shape index (κ3) is 3.04. The van der Waals surface area contributed by atoms with Crippen molar-refractivity contribution >= 4 is 20.5 Å². The molecule has 19 heavy (non-hydrogen) atoms. The van der Waals surface area contributed by atoms with Gasteiger partial charge in [-0.25, -0.2) is 4.39 Å². The summed E-state index contributed by atoms with van der Waals surface area (Å²) in [6.07, 6.45) is 0. The first-order chi connectivity index (χ1) is 9.02. The molecule has 1 aromatic rings. The Kier molecular flexibility index (Phi) is 4.38. The van der Waals surface area contributed by atoms with E-state index in [4.69, 9.17) is 4.74 Å². The molecule has 1 fully saturated rings. The number of halogens is 1. The second-order valence-corrected chi connectivity index (χ2v) is 5.29. The number of amides is 1. The van der Waals surface area contributed by atoms with Gasteiger partial charge in [-0.2, -0.15) is 0 Å². The normalized spacial score (nSPS) is 16.5. The number of nitrogens with zero attached hydrogens (tertiary/aromatic N) is 2. The van der Waals surface area contributed by atoms with E-state index in [1.165, 1.54) is 19.2 Å². The monoisotopic (exact) mass is 284 g/mol. The molecule has 2 rings (SSSR count). The summed E-state index contributed by atoms with van der Waals surface area (Å²) in [7, 11) is 5.91. The van der Waals surface area contributed by atoms with Crippen LogP contribution in [0.3, 0.4) is 0 Å². The van der Waals surface area contributed by atoms with Crippen molar-refractivity contribution in [1.29, 1.82) is 0 Å².